The first-order valence-electron chi connectivity index (χ1n) is 33.6. The number of hydrogen-bond donors (Lipinski definition) is 4. The lowest BCUT2D eigenvalue weighted by Crippen LogP contribution is -2.48. The summed E-state index contributed by atoms with van der Waals surface area (Å²) in [6.45, 7) is 41.2. The number of rotatable bonds is 11. The summed E-state index contributed by atoms with van der Waals surface area (Å²) in [5.74, 6) is -3.25. The van der Waals surface area contributed by atoms with Crippen LogP contribution in [0.15, 0.2) is 91.6 Å². The SMILES string of the molecule is CC(=O)C(C)(C)NC(=O)c1ccc(C(C)(C)C)cn1.CC(=O)C1(NC(=O)c2ccc(C(C)(C)C)cn2)CC1.CC(C)(C)c1ccc(C(=O)N2CCC[C@@H]2C(=O)O)nc1.CC(C)(C)c1ccc(C(=O)N2CCC[C@H]2C(=O)O)nc1.CC1(F)CCN(C(=O)c2ccc(C(C)(C)C)cn2)CC1. The van der Waals surface area contributed by atoms with E-state index < -0.39 is 40.8 Å². The average Bonchev–Trinajstić information content (AvgIpc) is 1.62. The molecule has 9 rings (SSSR count). The minimum absolute atomic E-state index is 0.000656. The summed E-state index contributed by atoms with van der Waals surface area (Å²) in [6.07, 6.45) is 13.3. The first-order chi connectivity index (χ1) is 45.1. The van der Waals surface area contributed by atoms with Crippen molar-refractivity contribution in [3.63, 3.8) is 0 Å². The van der Waals surface area contributed by atoms with Crippen molar-refractivity contribution >= 4 is 53.0 Å². The first kappa shape index (κ1) is 80.0. The molecule has 0 radical (unpaired) electrons. The highest BCUT2D eigenvalue weighted by atomic mass is 19.1. The summed E-state index contributed by atoms with van der Waals surface area (Å²) in [4.78, 5) is 132. The smallest absolute Gasteiger partial charge is 0.326 e. The van der Waals surface area contributed by atoms with Crippen LogP contribution in [0.1, 0.15) is 270 Å². The fourth-order valence-corrected chi connectivity index (χ4v) is 10.4. The number of piperidine rings is 1. The number of nitrogens with zero attached hydrogens (tertiary/aromatic N) is 8. The Morgan fingerprint density at radius 2 is 0.735 bits per heavy atom. The molecule has 3 aliphatic heterocycles. The lowest BCUT2D eigenvalue weighted by atomic mass is 9.88. The topological polar surface area (TPSA) is 292 Å². The van der Waals surface area contributed by atoms with Gasteiger partial charge in [-0.3, -0.25) is 58.5 Å². The number of likely N-dealkylation sites (tertiary alicyclic amines) is 3. The van der Waals surface area contributed by atoms with Crippen molar-refractivity contribution in [2.75, 3.05) is 26.2 Å². The number of carboxylic acids is 2. The maximum Gasteiger partial charge on any atom is 0.326 e. The molecule has 22 heteroatoms. The van der Waals surface area contributed by atoms with Gasteiger partial charge >= 0.3 is 11.9 Å². The van der Waals surface area contributed by atoms with Crippen molar-refractivity contribution in [2.45, 2.75) is 246 Å². The van der Waals surface area contributed by atoms with Crippen molar-refractivity contribution in [3.8, 4) is 0 Å². The highest BCUT2D eigenvalue weighted by Gasteiger charge is 2.49. The van der Waals surface area contributed by atoms with Crippen LogP contribution in [0.25, 0.3) is 0 Å². The fourth-order valence-electron chi connectivity index (χ4n) is 10.4. The zero-order chi connectivity index (χ0) is 73.9. The van der Waals surface area contributed by atoms with E-state index in [0.29, 0.717) is 80.3 Å². The van der Waals surface area contributed by atoms with Gasteiger partial charge in [0.25, 0.3) is 29.5 Å². The van der Waals surface area contributed by atoms with Crippen LogP contribution in [0.3, 0.4) is 0 Å². The van der Waals surface area contributed by atoms with Gasteiger partial charge in [0.1, 0.15) is 46.2 Å². The number of Topliss-reactive ketones (excluding diaryl/α,β-unsaturated/α-hetero) is 2. The molecule has 98 heavy (non-hydrogen) atoms. The summed E-state index contributed by atoms with van der Waals surface area (Å²) in [7, 11) is 0. The predicted octanol–water partition coefficient (Wildman–Crippen LogP) is 12.2. The maximum atomic E-state index is 13.7. The van der Waals surface area contributed by atoms with E-state index in [1.807, 2.05) is 30.3 Å². The third-order valence-electron chi connectivity index (χ3n) is 18.0. The molecular weight excluding hydrogens is 1250 g/mol. The molecule has 2 atom stereocenters. The van der Waals surface area contributed by atoms with E-state index >= 15 is 0 Å². The van der Waals surface area contributed by atoms with Crippen LogP contribution in [0.4, 0.5) is 4.39 Å². The molecule has 0 aromatic carbocycles. The van der Waals surface area contributed by atoms with E-state index in [4.69, 9.17) is 10.2 Å². The molecule has 0 unspecified atom stereocenters. The highest BCUT2D eigenvalue weighted by Crippen LogP contribution is 2.37. The largest absolute Gasteiger partial charge is 0.480 e. The van der Waals surface area contributed by atoms with Crippen molar-refractivity contribution in [1.82, 2.24) is 50.3 Å². The lowest BCUT2D eigenvalue weighted by Gasteiger charge is -2.34. The van der Waals surface area contributed by atoms with Gasteiger partial charge in [0.2, 0.25) is 0 Å². The van der Waals surface area contributed by atoms with Crippen LogP contribution >= 0.6 is 0 Å². The molecule has 4 N–H and O–H groups in total. The van der Waals surface area contributed by atoms with Crippen LogP contribution in [-0.4, -0.2) is 158 Å². The molecule has 5 aromatic rings. The number of nitrogens with one attached hydrogen (secondary N) is 2. The molecule has 4 fully saturated rings. The molecule has 5 amide bonds. The molecule has 532 valence electrons. The second-order valence-electron chi connectivity index (χ2n) is 31.8. The Bertz CT molecular complexity index is 3440. The van der Waals surface area contributed by atoms with Crippen molar-refractivity contribution < 1.29 is 57.8 Å². The molecule has 5 aromatic heterocycles. The Kier molecular flexibility index (Phi) is 26.0. The zero-order valence-corrected chi connectivity index (χ0v) is 61.3. The number of carboxylic acid groups (broad SMARTS) is 2. The third-order valence-corrected chi connectivity index (χ3v) is 18.0. The summed E-state index contributed by atoms with van der Waals surface area (Å²) in [6, 6.07) is 16.6. The van der Waals surface area contributed by atoms with Crippen LogP contribution < -0.4 is 10.6 Å². The van der Waals surface area contributed by atoms with Crippen LogP contribution in [0.2, 0.25) is 0 Å². The van der Waals surface area contributed by atoms with E-state index in [2.05, 4.69) is 139 Å². The van der Waals surface area contributed by atoms with Crippen LogP contribution in [-0.2, 0) is 46.3 Å². The van der Waals surface area contributed by atoms with Gasteiger partial charge in [-0.2, -0.15) is 0 Å². The Morgan fingerprint density at radius 3 is 0.990 bits per heavy atom. The van der Waals surface area contributed by atoms with Crippen LogP contribution in [0.5, 0.6) is 0 Å². The Hall–Kier alpha value is -8.69. The van der Waals surface area contributed by atoms with Gasteiger partial charge in [-0.05, 0) is 171 Å². The quantitative estimate of drug-likeness (QED) is 0.0955. The van der Waals surface area contributed by atoms with Gasteiger partial charge in [-0.1, -0.05) is 134 Å². The minimum atomic E-state index is -1.14. The number of carbonyl (C=O) groups is 9. The number of carbonyl (C=O) groups excluding carboxylic acids is 7. The number of pyridine rings is 5. The number of alkyl halides is 1. The third kappa shape index (κ3) is 22.4. The standard InChI is InChI=1S/C16H23FN2O.2C15H20N2O3.C15H20N2O2.C15H22N2O2/c1-15(2,3)12-5-6-13(18-11-12)14(20)19-9-7-16(4,17)8-10-19;2*1-15(2,3)10-6-7-11(16-9-10)13(18)17-8-4-5-12(17)14(19)20;1-10(18)15(7-8-15)17-13(19)12-6-5-11(9-16-12)14(2,3)4;1-10(18)15(5,6)17-13(19)12-8-7-11(9-16-12)14(2,3)4/h5-6,11H,7-10H2,1-4H3;2*6-7,9,12H,4-5,8H2,1-3H3,(H,19,20);5-6,9H,7-8H2,1-4H3,(H,17,19);7-9H,1-6H3,(H,17,19)/t;2*12-;;/m.10../s1. The molecule has 3 saturated heterocycles. The van der Waals surface area contributed by atoms with E-state index in [-0.39, 0.29) is 68.2 Å². The normalized spacial score (nSPS) is 17.3. The van der Waals surface area contributed by atoms with Gasteiger partial charge in [-0.15, -0.1) is 0 Å². The Morgan fingerprint density at radius 1 is 0.439 bits per heavy atom. The van der Waals surface area contributed by atoms with Crippen LogP contribution in [0, 0.1) is 0 Å². The predicted molar refractivity (Wildman–Crippen MR) is 375 cm³/mol. The minimum Gasteiger partial charge on any atom is -0.480 e. The number of hydrogen-bond acceptors (Lipinski definition) is 14. The van der Waals surface area contributed by atoms with Gasteiger partial charge in [0.05, 0.1) is 11.1 Å². The Labute approximate surface area is 578 Å². The van der Waals surface area contributed by atoms with E-state index in [1.54, 1.807) is 87.0 Å². The van der Waals surface area contributed by atoms with Gasteiger partial charge in [0, 0.05) is 57.2 Å². The maximum absolute atomic E-state index is 13.7. The number of aliphatic carboxylic acids is 2. The van der Waals surface area contributed by atoms with Gasteiger partial charge in [0.15, 0.2) is 11.6 Å². The van der Waals surface area contributed by atoms with Crippen molar-refractivity contribution in [2.24, 2.45) is 0 Å². The van der Waals surface area contributed by atoms with Gasteiger partial charge in [-0.25, -0.2) is 14.0 Å². The number of halogens is 1. The number of ketones is 2. The number of amides is 5. The number of aromatic nitrogens is 5. The molecule has 4 aliphatic rings. The fraction of sp³-hybridized carbons (Fsp3) is 0.553. The second-order valence-corrected chi connectivity index (χ2v) is 31.8. The first-order valence-corrected chi connectivity index (χ1v) is 33.6. The average molecular weight is 1350 g/mol. The van der Waals surface area contributed by atoms with E-state index in [0.717, 1.165) is 53.5 Å². The van der Waals surface area contributed by atoms with Gasteiger partial charge < -0.3 is 35.5 Å². The molecule has 21 nitrogen and oxygen atoms in total. The summed E-state index contributed by atoms with van der Waals surface area (Å²) in [5.41, 5.74) is 4.45. The summed E-state index contributed by atoms with van der Waals surface area (Å²) in [5, 5.41) is 23.7. The molecule has 1 saturated carbocycles. The summed E-state index contributed by atoms with van der Waals surface area (Å²) < 4.78 is 13.7. The molecule has 0 bridgehead atoms. The lowest BCUT2D eigenvalue weighted by molar-refractivity contribution is -0.142. The molecule has 0 spiro atoms. The summed E-state index contributed by atoms with van der Waals surface area (Å²) >= 11 is 0. The second kappa shape index (κ2) is 31.9. The highest BCUT2D eigenvalue weighted by molar-refractivity contribution is 6.00. The Balaban J connectivity index is 0.000000221. The zero-order valence-electron chi connectivity index (χ0n) is 61.3. The van der Waals surface area contributed by atoms with E-state index in [9.17, 15) is 47.5 Å². The molecule has 1 aliphatic carbocycles. The molecule has 8 heterocycles. The van der Waals surface area contributed by atoms with E-state index in [1.165, 1.54) is 23.6 Å². The van der Waals surface area contributed by atoms with Crippen molar-refractivity contribution in [1.29, 1.82) is 0 Å². The molecular formula is C76H105FN10O11. The van der Waals surface area contributed by atoms with Crippen molar-refractivity contribution in [3.05, 3.63) is 148 Å². The monoisotopic (exact) mass is 1350 g/mol.